The van der Waals surface area contributed by atoms with Gasteiger partial charge in [0.25, 0.3) is 0 Å². The Morgan fingerprint density at radius 1 is 1.46 bits per heavy atom. The number of rotatable bonds is 3. The zero-order chi connectivity index (χ0) is 9.68. The molecule has 0 aromatic heterocycles. The molecule has 1 N–H and O–H groups in total. The summed E-state index contributed by atoms with van der Waals surface area (Å²) in [6.07, 6.45) is 0.311. The number of hydrogen-bond donors (Lipinski definition) is 1. The van der Waals surface area contributed by atoms with Crippen molar-refractivity contribution in [2.24, 2.45) is 0 Å². The molecular weight excluding hydrogens is 175 g/mol. The predicted octanol–water partition coefficient (Wildman–Crippen LogP) is 1.26. The molecule has 0 saturated carbocycles. The second-order valence-corrected chi connectivity index (χ2v) is 2.50. The average Bonchev–Trinajstić information content (AvgIpc) is 2.18. The van der Waals surface area contributed by atoms with Gasteiger partial charge in [0.2, 0.25) is 0 Å². The van der Waals surface area contributed by atoms with Crippen LogP contribution in [0.25, 0.3) is 0 Å². The number of aliphatic hydroxyl groups excluding tert-OH is 1. The van der Waals surface area contributed by atoms with Gasteiger partial charge in [-0.2, -0.15) is 0 Å². The van der Waals surface area contributed by atoms with Crippen molar-refractivity contribution in [1.29, 1.82) is 0 Å². The summed E-state index contributed by atoms with van der Waals surface area (Å²) in [6.45, 7) is -0.0867. The Morgan fingerprint density at radius 2 is 2.15 bits per heavy atom. The third-order valence-corrected chi connectivity index (χ3v) is 1.69. The maximum atomic E-state index is 11.6. The Labute approximate surface area is 74.7 Å². The highest BCUT2D eigenvalue weighted by atomic mass is 19.3. The van der Waals surface area contributed by atoms with Gasteiger partial charge in [-0.1, -0.05) is 18.2 Å². The van der Waals surface area contributed by atoms with Gasteiger partial charge in [0.15, 0.2) is 0 Å². The summed E-state index contributed by atoms with van der Waals surface area (Å²) in [4.78, 5) is 13.9. The van der Waals surface area contributed by atoms with Gasteiger partial charge in [-0.3, -0.25) is 0 Å². The first-order chi connectivity index (χ1) is 6.29. The van der Waals surface area contributed by atoms with Crippen molar-refractivity contribution in [3.63, 3.8) is 0 Å². The van der Waals surface area contributed by atoms with Gasteiger partial charge in [0, 0.05) is 11.1 Å². The molecule has 0 aliphatic carbocycles. The average molecular weight is 184 g/mol. The first kappa shape index (κ1) is 9.67. The van der Waals surface area contributed by atoms with Crippen LogP contribution in [0.15, 0.2) is 24.3 Å². The molecule has 0 unspecified atom stereocenters. The summed E-state index contributed by atoms with van der Waals surface area (Å²) in [6, 6.07) is 6.41. The van der Waals surface area contributed by atoms with Gasteiger partial charge in [-0.25, -0.2) is 9.74 Å². The van der Waals surface area contributed by atoms with Crippen molar-refractivity contribution < 1.29 is 19.4 Å². The van der Waals surface area contributed by atoms with E-state index in [1.165, 1.54) is 6.07 Å². The molecule has 0 spiro atoms. The molecule has 0 aliphatic heterocycles. The highest BCUT2D eigenvalue weighted by Crippen LogP contribution is 2.10. The number of aliphatic hydroxyl groups is 1. The largest absolute Gasteiger partial charge is 0.396 e. The summed E-state index contributed by atoms with van der Waals surface area (Å²) >= 11 is 0. The van der Waals surface area contributed by atoms with Crippen LogP contribution < -0.4 is 0 Å². The third-order valence-electron chi connectivity index (χ3n) is 1.69. The summed E-state index contributed by atoms with van der Waals surface area (Å²) in [5.74, 6) is -1.02. The van der Waals surface area contributed by atoms with Crippen LogP contribution in [-0.2, 0) is 11.4 Å². The van der Waals surface area contributed by atoms with E-state index in [4.69, 9.17) is 5.11 Å². The molecular formula is C9H9FO3. The van der Waals surface area contributed by atoms with Crippen LogP contribution in [0.5, 0.6) is 0 Å². The van der Waals surface area contributed by atoms with E-state index >= 15 is 0 Å². The molecule has 0 fully saturated rings. The SMILES string of the molecule is O=C(OF)c1ccccc1CCO. The fourth-order valence-corrected chi connectivity index (χ4v) is 1.10. The molecule has 0 heterocycles. The summed E-state index contributed by atoms with van der Waals surface area (Å²) in [5.41, 5.74) is 0.728. The lowest BCUT2D eigenvalue weighted by atomic mass is 10.1. The van der Waals surface area contributed by atoms with Crippen molar-refractivity contribution in [1.82, 2.24) is 0 Å². The van der Waals surface area contributed by atoms with E-state index in [2.05, 4.69) is 4.94 Å². The lowest BCUT2D eigenvalue weighted by Crippen LogP contribution is -2.05. The molecule has 0 amide bonds. The molecule has 13 heavy (non-hydrogen) atoms. The van der Waals surface area contributed by atoms with Crippen LogP contribution in [0.2, 0.25) is 0 Å². The van der Waals surface area contributed by atoms with Crippen LogP contribution >= 0.6 is 0 Å². The smallest absolute Gasteiger partial charge is 0.379 e. The van der Waals surface area contributed by atoms with Crippen molar-refractivity contribution in [3.8, 4) is 0 Å². The minimum absolute atomic E-state index is 0.0867. The van der Waals surface area contributed by atoms with Crippen molar-refractivity contribution >= 4 is 5.97 Å². The molecule has 0 aliphatic rings. The van der Waals surface area contributed by atoms with Gasteiger partial charge in [-0.15, -0.1) is 0 Å². The molecule has 1 aromatic rings. The van der Waals surface area contributed by atoms with Crippen molar-refractivity contribution in [2.75, 3.05) is 6.61 Å². The predicted molar refractivity (Wildman–Crippen MR) is 43.8 cm³/mol. The fraction of sp³-hybridized carbons (Fsp3) is 0.222. The lowest BCUT2D eigenvalue weighted by molar-refractivity contribution is -0.0789. The Balaban J connectivity index is 2.97. The molecule has 3 nitrogen and oxygen atoms in total. The maximum Gasteiger partial charge on any atom is 0.379 e. The zero-order valence-corrected chi connectivity index (χ0v) is 6.87. The van der Waals surface area contributed by atoms with E-state index < -0.39 is 5.97 Å². The minimum atomic E-state index is -1.02. The van der Waals surface area contributed by atoms with Gasteiger partial charge >= 0.3 is 5.97 Å². The van der Waals surface area contributed by atoms with Crippen LogP contribution in [0.3, 0.4) is 0 Å². The summed E-state index contributed by atoms with van der Waals surface area (Å²) in [7, 11) is 0. The van der Waals surface area contributed by atoms with E-state index in [1.807, 2.05) is 0 Å². The zero-order valence-electron chi connectivity index (χ0n) is 6.87. The molecule has 0 atom stereocenters. The van der Waals surface area contributed by atoms with E-state index in [0.29, 0.717) is 12.0 Å². The van der Waals surface area contributed by atoms with Crippen LogP contribution in [0, 0.1) is 0 Å². The van der Waals surface area contributed by atoms with E-state index in [0.717, 1.165) is 0 Å². The molecule has 4 heteroatoms. The highest BCUT2D eigenvalue weighted by Gasteiger charge is 2.11. The topological polar surface area (TPSA) is 46.5 Å². The van der Waals surface area contributed by atoms with Gasteiger partial charge in [-0.05, 0) is 18.1 Å². The minimum Gasteiger partial charge on any atom is -0.396 e. The Bertz CT molecular complexity index is 299. The Hall–Kier alpha value is -1.42. The number of halogens is 1. The number of benzene rings is 1. The summed E-state index contributed by atoms with van der Waals surface area (Å²) in [5, 5.41) is 8.65. The van der Waals surface area contributed by atoms with E-state index in [9.17, 15) is 9.32 Å². The lowest BCUT2D eigenvalue weighted by Gasteiger charge is -2.02. The first-order valence-electron chi connectivity index (χ1n) is 3.81. The van der Waals surface area contributed by atoms with Crippen LogP contribution in [-0.4, -0.2) is 17.7 Å². The Morgan fingerprint density at radius 3 is 2.77 bits per heavy atom. The third kappa shape index (κ3) is 2.26. The standard InChI is InChI=1S/C9H9FO3/c10-13-9(12)8-4-2-1-3-7(8)5-6-11/h1-4,11H,5-6H2. The van der Waals surface area contributed by atoms with Gasteiger partial charge in [0.1, 0.15) is 0 Å². The summed E-state index contributed by atoms with van der Waals surface area (Å²) < 4.78 is 11.6. The van der Waals surface area contributed by atoms with Crippen molar-refractivity contribution in [3.05, 3.63) is 35.4 Å². The number of carbonyl (C=O) groups is 1. The molecule has 0 bridgehead atoms. The first-order valence-corrected chi connectivity index (χ1v) is 3.81. The maximum absolute atomic E-state index is 11.6. The normalized spacial score (nSPS) is 9.69. The molecule has 1 aromatic carbocycles. The number of carbonyl (C=O) groups excluding carboxylic acids is 1. The molecule has 1 rings (SSSR count). The van der Waals surface area contributed by atoms with Gasteiger partial charge in [0.05, 0.1) is 5.56 Å². The molecule has 0 radical (unpaired) electrons. The Kier molecular flexibility index (Phi) is 3.40. The second kappa shape index (κ2) is 4.57. The van der Waals surface area contributed by atoms with Crippen molar-refractivity contribution in [2.45, 2.75) is 6.42 Å². The van der Waals surface area contributed by atoms with E-state index in [1.54, 1.807) is 18.2 Å². The monoisotopic (exact) mass is 184 g/mol. The van der Waals surface area contributed by atoms with Gasteiger partial charge < -0.3 is 5.11 Å². The molecule has 70 valence electrons. The fourth-order valence-electron chi connectivity index (χ4n) is 1.10. The number of hydrogen-bond acceptors (Lipinski definition) is 3. The van der Waals surface area contributed by atoms with Crippen LogP contribution in [0.1, 0.15) is 15.9 Å². The second-order valence-electron chi connectivity index (χ2n) is 2.50. The van der Waals surface area contributed by atoms with Crippen LogP contribution in [0.4, 0.5) is 4.53 Å². The highest BCUT2D eigenvalue weighted by molar-refractivity contribution is 5.90. The quantitative estimate of drug-likeness (QED) is 0.769. The molecule has 0 saturated heterocycles. The van der Waals surface area contributed by atoms with E-state index in [-0.39, 0.29) is 12.2 Å².